The molecule has 0 saturated heterocycles. The molecule has 9 rings (SSSR count). The molecule has 0 atom stereocenters. The SMILES string of the molecule is C[Si](C)(C)c1ccc(-c2[c-]cc(F)cc2)nc1.[2H]C([2H])([2H])c1cnc2c(c1-c1c(C(C)C)cc(-c3ccccc3)cc1C(C)C)CCc1c-2[c-]cc2c1oc1nc(C#N)ccc12.[Ir]. The smallest absolute Gasteiger partial charge is 0.217 e. The third-order valence-corrected chi connectivity index (χ3v) is 13.2. The zero-order valence-electron chi connectivity index (χ0n) is 37.8. The minimum absolute atomic E-state index is 0. The van der Waals surface area contributed by atoms with Crippen molar-refractivity contribution in [3.05, 3.63) is 155 Å². The van der Waals surface area contributed by atoms with E-state index in [1.165, 1.54) is 17.3 Å². The Balaban J connectivity index is 0.000000278. The summed E-state index contributed by atoms with van der Waals surface area (Å²) in [6.07, 6.45) is 4.72. The van der Waals surface area contributed by atoms with E-state index in [0.29, 0.717) is 29.8 Å². The number of hydrogen-bond acceptors (Lipinski definition) is 5. The average molecular weight is 986 g/mol. The van der Waals surface area contributed by atoms with E-state index < -0.39 is 14.9 Å². The number of nitrogens with zero attached hydrogens (tertiary/aromatic N) is 4. The molecule has 5 nitrogen and oxygen atoms in total. The maximum Gasteiger partial charge on any atom is 0.217 e. The molecule has 60 heavy (non-hydrogen) atoms. The molecule has 0 unspecified atom stereocenters. The van der Waals surface area contributed by atoms with Gasteiger partial charge in [0.2, 0.25) is 5.71 Å². The summed E-state index contributed by atoms with van der Waals surface area (Å²) in [4.78, 5) is 13.6. The number of furan rings is 1. The molecule has 0 bridgehead atoms. The topological polar surface area (TPSA) is 75.6 Å². The van der Waals surface area contributed by atoms with Gasteiger partial charge in [-0.25, -0.2) is 4.98 Å². The Kier molecular flexibility index (Phi) is 11.1. The first-order chi connectivity index (χ1) is 29.5. The second kappa shape index (κ2) is 17.2. The normalized spacial score (nSPS) is 13.1. The van der Waals surface area contributed by atoms with Gasteiger partial charge in [-0.15, -0.1) is 47.5 Å². The molecule has 0 N–H and O–H groups in total. The molecule has 4 aromatic carbocycles. The largest absolute Gasteiger partial charge is 0.458 e. The van der Waals surface area contributed by atoms with Crippen LogP contribution in [0.2, 0.25) is 19.6 Å². The van der Waals surface area contributed by atoms with Crippen molar-refractivity contribution in [1.29, 1.82) is 5.26 Å². The minimum atomic E-state index is -2.35. The van der Waals surface area contributed by atoms with Crippen molar-refractivity contribution < 1.29 is 33.0 Å². The van der Waals surface area contributed by atoms with Gasteiger partial charge in [-0.05, 0) is 86.7 Å². The molecule has 4 aromatic heterocycles. The van der Waals surface area contributed by atoms with E-state index in [-0.39, 0.29) is 43.3 Å². The first-order valence-electron chi connectivity index (χ1n) is 21.6. The zero-order chi connectivity index (χ0) is 44.1. The van der Waals surface area contributed by atoms with Gasteiger partial charge < -0.3 is 14.4 Å². The van der Waals surface area contributed by atoms with Crippen LogP contribution in [0.25, 0.3) is 66.8 Å². The molecular weight excluding hydrogens is 936 g/mol. The van der Waals surface area contributed by atoms with E-state index in [9.17, 15) is 9.65 Å². The van der Waals surface area contributed by atoms with Crippen molar-refractivity contribution in [2.24, 2.45) is 0 Å². The van der Waals surface area contributed by atoms with Gasteiger partial charge in [0, 0.05) is 47.8 Å². The maximum atomic E-state index is 12.8. The standard InChI is InChI=1S/C38H32N3O.C14H15FNSi.Ir/c1-21(2)32-17-25(24-9-7-6-8-10-24)18-33(22(3)4)35(32)34-23(5)20-40-36-27-13-14-29-30-12-11-26(19-39)41-38(30)42-37(29)28(27)15-16-31(34)36;1-17(2,3)13-8-9-14(16-10-13)11-4-6-12(15)7-5-11;/h6-12,14,17-18,20-22H,15-16H2,1-5H3;4,6-10H,1-3H3;/q2*-1;/i5D3;;. The quantitative estimate of drug-likeness (QED) is 0.123. The fourth-order valence-electron chi connectivity index (χ4n) is 8.02. The summed E-state index contributed by atoms with van der Waals surface area (Å²) in [6, 6.07) is 37.3. The fourth-order valence-corrected chi connectivity index (χ4v) is 9.05. The second-order valence-corrected chi connectivity index (χ2v) is 21.9. The Hall–Kier alpha value is -5.58. The van der Waals surface area contributed by atoms with E-state index in [4.69, 9.17) is 13.5 Å². The minimum Gasteiger partial charge on any atom is -0.458 e. The van der Waals surface area contributed by atoms with Crippen LogP contribution >= 0.6 is 0 Å². The summed E-state index contributed by atoms with van der Waals surface area (Å²) in [5.74, 6) is 0.0307. The van der Waals surface area contributed by atoms with Gasteiger partial charge in [-0.2, -0.15) is 5.26 Å². The van der Waals surface area contributed by atoms with Gasteiger partial charge in [-0.1, -0.05) is 131 Å². The molecule has 303 valence electrons. The molecular formula is C52H47FIrN4OSi-2. The van der Waals surface area contributed by atoms with Crippen molar-refractivity contribution in [1.82, 2.24) is 15.0 Å². The Morgan fingerprint density at radius 3 is 2.15 bits per heavy atom. The average Bonchev–Trinajstić information content (AvgIpc) is 3.64. The van der Waals surface area contributed by atoms with Gasteiger partial charge in [-0.3, -0.25) is 4.39 Å². The molecule has 1 aliphatic rings. The molecule has 1 aliphatic carbocycles. The molecule has 4 heterocycles. The summed E-state index contributed by atoms with van der Waals surface area (Å²) in [6.45, 7) is 13.2. The van der Waals surface area contributed by atoms with Gasteiger partial charge >= 0.3 is 0 Å². The molecule has 0 saturated carbocycles. The molecule has 0 amide bonds. The summed E-state index contributed by atoms with van der Waals surface area (Å²) in [7, 11) is -1.30. The van der Waals surface area contributed by atoms with Crippen molar-refractivity contribution in [3.8, 4) is 50.8 Å². The molecule has 8 aromatic rings. The van der Waals surface area contributed by atoms with Crippen LogP contribution in [-0.2, 0) is 32.9 Å². The molecule has 1 radical (unpaired) electrons. The second-order valence-electron chi connectivity index (χ2n) is 16.8. The predicted octanol–water partition coefficient (Wildman–Crippen LogP) is 12.9. The monoisotopic (exact) mass is 986 g/mol. The third kappa shape index (κ3) is 8.15. The van der Waals surface area contributed by atoms with Crippen LogP contribution in [0.15, 0.2) is 108 Å². The number of rotatable bonds is 6. The van der Waals surface area contributed by atoms with Crippen LogP contribution in [0.4, 0.5) is 4.39 Å². The van der Waals surface area contributed by atoms with Crippen molar-refractivity contribution in [2.45, 2.75) is 78.9 Å². The number of pyridine rings is 3. The summed E-state index contributed by atoms with van der Waals surface area (Å²) in [5.41, 5.74) is 13.1. The number of nitriles is 1. The molecule has 0 fully saturated rings. The van der Waals surface area contributed by atoms with Crippen molar-refractivity contribution in [3.63, 3.8) is 0 Å². The summed E-state index contributed by atoms with van der Waals surface area (Å²) >= 11 is 0. The van der Waals surface area contributed by atoms with E-state index in [1.54, 1.807) is 18.3 Å². The Bertz CT molecular complexity index is 2980. The number of fused-ring (bicyclic) bond motifs is 7. The van der Waals surface area contributed by atoms with Gasteiger partial charge in [0.15, 0.2) is 0 Å². The maximum absolute atomic E-state index is 12.8. The van der Waals surface area contributed by atoms with Crippen molar-refractivity contribution in [2.75, 3.05) is 0 Å². The van der Waals surface area contributed by atoms with E-state index in [0.717, 1.165) is 77.8 Å². The number of aryl methyl sites for hydroxylation is 2. The van der Waals surface area contributed by atoms with Crippen LogP contribution in [0, 0.1) is 36.1 Å². The number of aromatic nitrogens is 3. The summed E-state index contributed by atoms with van der Waals surface area (Å²) in [5, 5.41) is 12.4. The first-order valence-corrected chi connectivity index (χ1v) is 23.6. The summed E-state index contributed by atoms with van der Waals surface area (Å²) < 4.78 is 44.8. The van der Waals surface area contributed by atoms with Crippen LogP contribution < -0.4 is 5.19 Å². The van der Waals surface area contributed by atoms with E-state index in [1.807, 2.05) is 42.6 Å². The molecule has 8 heteroatoms. The first kappa shape index (κ1) is 38.6. The van der Waals surface area contributed by atoms with Crippen LogP contribution in [-0.4, -0.2) is 23.0 Å². The van der Waals surface area contributed by atoms with Gasteiger partial charge in [0.1, 0.15) is 11.8 Å². The van der Waals surface area contributed by atoms with E-state index in [2.05, 4.69) is 106 Å². The number of halogens is 1. The number of benzene rings is 4. The van der Waals surface area contributed by atoms with Crippen LogP contribution in [0.1, 0.15) is 77.2 Å². The Morgan fingerprint density at radius 1 is 0.800 bits per heavy atom. The molecule has 0 spiro atoms. The van der Waals surface area contributed by atoms with Gasteiger partial charge in [0.25, 0.3) is 0 Å². The fraction of sp³-hybridized carbons (Fsp3) is 0.231. The van der Waals surface area contributed by atoms with Crippen molar-refractivity contribution >= 4 is 35.3 Å². The van der Waals surface area contributed by atoms with Gasteiger partial charge in [0.05, 0.1) is 13.7 Å². The Morgan fingerprint density at radius 2 is 1.53 bits per heavy atom. The Labute approximate surface area is 371 Å². The predicted molar refractivity (Wildman–Crippen MR) is 241 cm³/mol. The third-order valence-electron chi connectivity index (χ3n) is 11.2. The zero-order valence-corrected chi connectivity index (χ0v) is 38.2. The number of hydrogen-bond donors (Lipinski definition) is 0. The molecule has 0 aliphatic heterocycles. The van der Waals surface area contributed by atoms with Crippen LogP contribution in [0.5, 0.6) is 0 Å². The van der Waals surface area contributed by atoms with E-state index >= 15 is 0 Å². The van der Waals surface area contributed by atoms with Crippen LogP contribution in [0.3, 0.4) is 0 Å².